The fraction of sp³-hybridized carbons (Fsp3) is 0.429. The lowest BCUT2D eigenvalue weighted by Gasteiger charge is -2.15. The van der Waals surface area contributed by atoms with Gasteiger partial charge in [0, 0.05) is 6.54 Å². The predicted molar refractivity (Wildman–Crippen MR) is 73.4 cm³/mol. The van der Waals surface area contributed by atoms with Crippen LogP contribution in [0.25, 0.3) is 0 Å². The number of carbonyl (C=O) groups is 2. The van der Waals surface area contributed by atoms with E-state index in [9.17, 15) is 19.8 Å². The molecule has 21 heavy (non-hydrogen) atoms. The lowest BCUT2D eigenvalue weighted by atomic mass is 10.1. The monoisotopic (exact) mass is 297 g/mol. The summed E-state index contributed by atoms with van der Waals surface area (Å²) in [6.07, 6.45) is -3.70. The standard InChI is InChI=1S/C14H19NO6/c16-8-12(18)13(19)11(17)6-7-15-14(20)21-9-10-4-2-1-3-5-10/h1-5,11,13,16-17,19H,6-9H2,(H,15,20)/t11-,13+/m0/s1. The molecule has 0 unspecified atom stereocenters. The van der Waals surface area contributed by atoms with Gasteiger partial charge in [0.2, 0.25) is 0 Å². The second kappa shape index (κ2) is 9.06. The molecule has 116 valence electrons. The molecule has 0 radical (unpaired) electrons. The third-order valence-corrected chi connectivity index (χ3v) is 2.77. The molecular weight excluding hydrogens is 278 g/mol. The summed E-state index contributed by atoms with van der Waals surface area (Å²) in [4.78, 5) is 22.3. The number of Topliss-reactive ketones (excluding diaryl/α,β-unsaturated/α-hetero) is 1. The Balaban J connectivity index is 2.20. The summed E-state index contributed by atoms with van der Waals surface area (Å²) in [5.74, 6) is -0.867. The number of aliphatic hydroxyl groups excluding tert-OH is 3. The molecule has 1 rings (SSSR count). The number of hydrogen-bond acceptors (Lipinski definition) is 6. The van der Waals surface area contributed by atoms with Crippen LogP contribution in [0.3, 0.4) is 0 Å². The first kappa shape index (κ1) is 17.1. The van der Waals surface area contributed by atoms with Gasteiger partial charge in [-0.15, -0.1) is 0 Å². The lowest BCUT2D eigenvalue weighted by molar-refractivity contribution is -0.135. The van der Waals surface area contributed by atoms with Crippen molar-refractivity contribution in [1.82, 2.24) is 5.32 Å². The summed E-state index contributed by atoms with van der Waals surface area (Å²) < 4.78 is 4.94. The minimum absolute atomic E-state index is 0.0323. The Kier molecular flexibility index (Phi) is 7.38. The highest BCUT2D eigenvalue weighted by Crippen LogP contribution is 2.02. The summed E-state index contributed by atoms with van der Waals surface area (Å²) in [7, 11) is 0. The molecule has 7 heteroatoms. The van der Waals surface area contributed by atoms with Gasteiger partial charge in [0.25, 0.3) is 0 Å². The number of ether oxygens (including phenoxy) is 1. The zero-order valence-electron chi connectivity index (χ0n) is 11.4. The lowest BCUT2D eigenvalue weighted by Crippen LogP contribution is -2.38. The smallest absolute Gasteiger partial charge is 0.407 e. The number of alkyl carbamates (subject to hydrolysis) is 1. The Bertz CT molecular complexity index is 450. The first-order chi connectivity index (χ1) is 10.0. The second-order valence-electron chi connectivity index (χ2n) is 4.41. The van der Waals surface area contributed by atoms with Gasteiger partial charge in [0.05, 0.1) is 6.10 Å². The van der Waals surface area contributed by atoms with Crippen molar-refractivity contribution in [2.24, 2.45) is 0 Å². The maximum atomic E-state index is 11.4. The van der Waals surface area contributed by atoms with Crippen molar-refractivity contribution >= 4 is 11.9 Å². The fourth-order valence-electron chi connectivity index (χ4n) is 1.56. The van der Waals surface area contributed by atoms with Crippen LogP contribution in [0, 0.1) is 0 Å². The Labute approximate surface area is 122 Å². The van der Waals surface area contributed by atoms with Crippen molar-refractivity contribution < 1.29 is 29.6 Å². The molecule has 0 aliphatic carbocycles. The Hall–Kier alpha value is -1.96. The largest absolute Gasteiger partial charge is 0.445 e. The number of amides is 1. The highest BCUT2D eigenvalue weighted by molar-refractivity contribution is 5.84. The maximum Gasteiger partial charge on any atom is 0.407 e. The zero-order chi connectivity index (χ0) is 15.7. The molecule has 0 fully saturated rings. The molecule has 0 bridgehead atoms. The molecule has 1 amide bonds. The van der Waals surface area contributed by atoms with E-state index in [2.05, 4.69) is 5.32 Å². The van der Waals surface area contributed by atoms with Crippen molar-refractivity contribution in [2.45, 2.75) is 25.2 Å². The number of rotatable bonds is 8. The number of aliphatic hydroxyl groups is 3. The summed E-state index contributed by atoms with van der Waals surface area (Å²) in [6, 6.07) is 9.13. The van der Waals surface area contributed by atoms with Crippen LogP contribution in [0.5, 0.6) is 0 Å². The predicted octanol–water partition coefficient (Wildman–Crippen LogP) is -0.414. The molecule has 0 aromatic heterocycles. The van der Waals surface area contributed by atoms with Crippen molar-refractivity contribution in [1.29, 1.82) is 0 Å². The van der Waals surface area contributed by atoms with Crippen molar-refractivity contribution in [2.75, 3.05) is 13.2 Å². The molecular formula is C14H19NO6. The molecule has 0 saturated carbocycles. The van der Waals surface area contributed by atoms with Crippen LogP contribution < -0.4 is 5.32 Å². The SMILES string of the molecule is O=C(NCC[C@H](O)[C@@H](O)C(=O)CO)OCc1ccccc1. The number of benzene rings is 1. The summed E-state index contributed by atoms with van der Waals surface area (Å²) in [6.45, 7) is -0.684. The molecule has 0 aliphatic rings. The number of carbonyl (C=O) groups excluding carboxylic acids is 2. The van der Waals surface area contributed by atoms with Crippen LogP contribution in [-0.2, 0) is 16.1 Å². The van der Waals surface area contributed by atoms with E-state index in [4.69, 9.17) is 9.84 Å². The molecule has 0 spiro atoms. The number of hydrogen-bond donors (Lipinski definition) is 4. The molecule has 0 heterocycles. The molecule has 1 aromatic rings. The first-order valence-corrected chi connectivity index (χ1v) is 6.49. The van der Waals surface area contributed by atoms with Gasteiger partial charge in [0.15, 0.2) is 5.78 Å². The quantitative estimate of drug-likeness (QED) is 0.518. The van der Waals surface area contributed by atoms with Gasteiger partial charge in [-0.25, -0.2) is 4.79 Å². The average Bonchev–Trinajstić information content (AvgIpc) is 2.52. The van der Waals surface area contributed by atoms with Gasteiger partial charge in [-0.05, 0) is 12.0 Å². The van der Waals surface area contributed by atoms with Crippen LogP contribution in [-0.4, -0.2) is 52.6 Å². The van der Waals surface area contributed by atoms with E-state index in [1.54, 1.807) is 0 Å². The summed E-state index contributed by atoms with van der Waals surface area (Å²) >= 11 is 0. The van der Waals surface area contributed by atoms with E-state index in [1.807, 2.05) is 30.3 Å². The van der Waals surface area contributed by atoms with Crippen LogP contribution in [0.1, 0.15) is 12.0 Å². The third-order valence-electron chi connectivity index (χ3n) is 2.77. The highest BCUT2D eigenvalue weighted by Gasteiger charge is 2.23. The molecule has 0 saturated heterocycles. The maximum absolute atomic E-state index is 11.4. The number of nitrogens with one attached hydrogen (secondary N) is 1. The van der Waals surface area contributed by atoms with E-state index in [0.717, 1.165) is 5.56 Å². The third kappa shape index (κ3) is 6.35. The highest BCUT2D eigenvalue weighted by atomic mass is 16.5. The van der Waals surface area contributed by atoms with Gasteiger partial charge in [-0.1, -0.05) is 30.3 Å². The molecule has 1 aromatic carbocycles. The van der Waals surface area contributed by atoms with E-state index in [0.29, 0.717) is 0 Å². The van der Waals surface area contributed by atoms with Gasteiger partial charge < -0.3 is 25.4 Å². The Morgan fingerprint density at radius 3 is 2.48 bits per heavy atom. The van der Waals surface area contributed by atoms with Gasteiger partial charge in [-0.3, -0.25) is 4.79 Å². The second-order valence-corrected chi connectivity index (χ2v) is 4.41. The molecule has 0 aliphatic heterocycles. The average molecular weight is 297 g/mol. The van der Waals surface area contributed by atoms with Crippen LogP contribution in [0.15, 0.2) is 30.3 Å². The van der Waals surface area contributed by atoms with Crippen LogP contribution in [0.2, 0.25) is 0 Å². The number of ketones is 1. The molecule has 2 atom stereocenters. The molecule has 7 nitrogen and oxygen atoms in total. The minimum atomic E-state index is -1.66. The summed E-state index contributed by atoms with van der Waals surface area (Å²) in [5.41, 5.74) is 0.844. The van der Waals surface area contributed by atoms with Crippen molar-refractivity contribution in [3.63, 3.8) is 0 Å². The van der Waals surface area contributed by atoms with Gasteiger partial charge in [-0.2, -0.15) is 0 Å². The normalized spacial score (nSPS) is 13.3. The first-order valence-electron chi connectivity index (χ1n) is 6.49. The minimum Gasteiger partial charge on any atom is -0.445 e. The van der Waals surface area contributed by atoms with Gasteiger partial charge >= 0.3 is 6.09 Å². The topological polar surface area (TPSA) is 116 Å². The zero-order valence-corrected chi connectivity index (χ0v) is 11.4. The van der Waals surface area contributed by atoms with Gasteiger partial charge in [0.1, 0.15) is 19.3 Å². The van der Waals surface area contributed by atoms with Crippen LogP contribution in [0.4, 0.5) is 4.79 Å². The fourth-order valence-corrected chi connectivity index (χ4v) is 1.56. The van der Waals surface area contributed by atoms with Crippen molar-refractivity contribution in [3.8, 4) is 0 Å². The van der Waals surface area contributed by atoms with Crippen molar-refractivity contribution in [3.05, 3.63) is 35.9 Å². The molecule has 4 N–H and O–H groups in total. The Morgan fingerprint density at radius 2 is 1.86 bits per heavy atom. The van der Waals surface area contributed by atoms with E-state index in [-0.39, 0.29) is 19.6 Å². The Morgan fingerprint density at radius 1 is 1.19 bits per heavy atom. The van der Waals surface area contributed by atoms with E-state index >= 15 is 0 Å². The summed E-state index contributed by atoms with van der Waals surface area (Å²) in [5, 5.41) is 29.7. The van der Waals surface area contributed by atoms with E-state index < -0.39 is 30.7 Å². The van der Waals surface area contributed by atoms with E-state index in [1.165, 1.54) is 0 Å². The van der Waals surface area contributed by atoms with Crippen LogP contribution >= 0.6 is 0 Å².